The van der Waals surface area contributed by atoms with Gasteiger partial charge in [-0.3, -0.25) is 9.78 Å². The number of carbonyl (C=O) groups is 1. The Morgan fingerprint density at radius 1 is 1.39 bits per heavy atom. The van der Waals surface area contributed by atoms with Crippen LogP contribution in [0.2, 0.25) is 0 Å². The van der Waals surface area contributed by atoms with E-state index in [1.54, 1.807) is 11.9 Å². The number of hydrogen-bond acceptors (Lipinski definition) is 2. The van der Waals surface area contributed by atoms with Gasteiger partial charge in [0.15, 0.2) is 5.82 Å². The maximum Gasteiger partial charge on any atom is 0.256 e. The van der Waals surface area contributed by atoms with Crippen LogP contribution in [0, 0.1) is 11.7 Å². The van der Waals surface area contributed by atoms with Crippen molar-refractivity contribution in [3.05, 3.63) is 29.8 Å². The molecule has 0 bridgehead atoms. The van der Waals surface area contributed by atoms with Gasteiger partial charge in [-0.15, -0.1) is 0 Å². The molecule has 0 unspecified atom stereocenters. The fourth-order valence-electron chi connectivity index (χ4n) is 2.53. The van der Waals surface area contributed by atoms with Crippen LogP contribution >= 0.6 is 0 Å². The van der Waals surface area contributed by atoms with E-state index < -0.39 is 5.82 Å². The quantitative estimate of drug-likeness (QED) is 0.808. The molecule has 0 aromatic carbocycles. The molecule has 1 heterocycles. The highest BCUT2D eigenvalue weighted by Crippen LogP contribution is 2.27. The van der Waals surface area contributed by atoms with Gasteiger partial charge in [0.1, 0.15) is 0 Å². The summed E-state index contributed by atoms with van der Waals surface area (Å²) < 4.78 is 13.5. The van der Waals surface area contributed by atoms with Crippen molar-refractivity contribution in [2.75, 3.05) is 7.05 Å². The van der Waals surface area contributed by atoms with Crippen molar-refractivity contribution in [3.63, 3.8) is 0 Å². The van der Waals surface area contributed by atoms with Gasteiger partial charge in [0.05, 0.1) is 11.8 Å². The molecule has 3 nitrogen and oxygen atoms in total. The van der Waals surface area contributed by atoms with Gasteiger partial charge in [0, 0.05) is 19.3 Å². The Morgan fingerprint density at radius 2 is 2.06 bits per heavy atom. The van der Waals surface area contributed by atoms with E-state index in [9.17, 15) is 9.18 Å². The molecule has 0 radical (unpaired) electrons. The van der Waals surface area contributed by atoms with Crippen LogP contribution in [0.3, 0.4) is 0 Å². The number of nitrogens with zero attached hydrogens (tertiary/aromatic N) is 2. The summed E-state index contributed by atoms with van der Waals surface area (Å²) in [6.45, 7) is 2.24. The summed E-state index contributed by atoms with van der Waals surface area (Å²) in [6.07, 6.45) is 6.84. The topological polar surface area (TPSA) is 33.2 Å². The zero-order chi connectivity index (χ0) is 13.1. The predicted molar refractivity (Wildman–Crippen MR) is 67.7 cm³/mol. The van der Waals surface area contributed by atoms with Crippen molar-refractivity contribution in [2.24, 2.45) is 5.92 Å². The first-order valence-electron chi connectivity index (χ1n) is 6.46. The van der Waals surface area contributed by atoms with E-state index in [1.807, 2.05) is 0 Å². The number of aromatic nitrogens is 1. The normalized spacial score (nSPS) is 23.7. The van der Waals surface area contributed by atoms with Crippen LogP contribution < -0.4 is 0 Å². The Balaban J connectivity index is 2.07. The van der Waals surface area contributed by atoms with Crippen molar-refractivity contribution < 1.29 is 9.18 Å². The third-order valence-electron chi connectivity index (χ3n) is 3.86. The lowest BCUT2D eigenvalue weighted by atomic mass is 9.86. The molecule has 1 aromatic heterocycles. The lowest BCUT2D eigenvalue weighted by Gasteiger charge is -2.33. The molecule has 1 aromatic rings. The summed E-state index contributed by atoms with van der Waals surface area (Å²) >= 11 is 0. The summed E-state index contributed by atoms with van der Waals surface area (Å²) in [5.74, 6) is -0.0459. The fraction of sp³-hybridized carbons (Fsp3) is 0.571. The highest BCUT2D eigenvalue weighted by Gasteiger charge is 2.26. The molecule has 0 aliphatic heterocycles. The first-order chi connectivity index (χ1) is 8.59. The van der Waals surface area contributed by atoms with Gasteiger partial charge in [0.2, 0.25) is 0 Å². The van der Waals surface area contributed by atoms with Crippen LogP contribution in [0.4, 0.5) is 4.39 Å². The largest absolute Gasteiger partial charge is 0.339 e. The molecule has 1 aliphatic rings. The first kappa shape index (κ1) is 13.0. The molecule has 0 atom stereocenters. The van der Waals surface area contributed by atoms with Crippen LogP contribution in [0.25, 0.3) is 0 Å². The van der Waals surface area contributed by atoms with Gasteiger partial charge in [0.25, 0.3) is 5.91 Å². The summed E-state index contributed by atoms with van der Waals surface area (Å²) in [7, 11) is 1.77. The first-order valence-corrected chi connectivity index (χ1v) is 6.46. The molecule has 1 amide bonds. The molecule has 1 saturated carbocycles. The molecular weight excluding hydrogens is 231 g/mol. The Morgan fingerprint density at radius 3 is 2.67 bits per heavy atom. The van der Waals surface area contributed by atoms with Gasteiger partial charge >= 0.3 is 0 Å². The van der Waals surface area contributed by atoms with Gasteiger partial charge < -0.3 is 4.90 Å². The number of carbonyl (C=O) groups excluding carboxylic acids is 1. The molecule has 1 aliphatic carbocycles. The summed E-state index contributed by atoms with van der Waals surface area (Å²) in [5.41, 5.74) is 0.117. The van der Waals surface area contributed by atoms with E-state index >= 15 is 0 Å². The van der Waals surface area contributed by atoms with E-state index in [-0.39, 0.29) is 17.5 Å². The monoisotopic (exact) mass is 250 g/mol. The smallest absolute Gasteiger partial charge is 0.256 e. The van der Waals surface area contributed by atoms with Crippen molar-refractivity contribution in [2.45, 2.75) is 38.6 Å². The molecule has 4 heteroatoms. The van der Waals surface area contributed by atoms with E-state index in [0.717, 1.165) is 37.8 Å². The average Bonchev–Trinajstić information content (AvgIpc) is 2.38. The maximum absolute atomic E-state index is 13.5. The van der Waals surface area contributed by atoms with Crippen molar-refractivity contribution in [1.29, 1.82) is 0 Å². The number of hydrogen-bond donors (Lipinski definition) is 0. The van der Waals surface area contributed by atoms with Gasteiger partial charge in [-0.1, -0.05) is 6.92 Å². The standard InChI is InChI=1S/C14H19FN2O/c1-10-3-5-11(6-4-10)17(2)14(18)12-7-8-16-9-13(12)15/h7-11H,3-6H2,1-2H3. The fourth-order valence-corrected chi connectivity index (χ4v) is 2.53. The second kappa shape index (κ2) is 5.46. The highest BCUT2D eigenvalue weighted by molar-refractivity contribution is 5.94. The van der Waals surface area contributed by atoms with Crippen molar-refractivity contribution in [3.8, 4) is 0 Å². The zero-order valence-corrected chi connectivity index (χ0v) is 10.9. The van der Waals surface area contributed by atoms with E-state index in [4.69, 9.17) is 0 Å². The summed E-state index contributed by atoms with van der Waals surface area (Å²) in [5, 5.41) is 0. The van der Waals surface area contributed by atoms with Gasteiger partial charge in [-0.25, -0.2) is 4.39 Å². The third-order valence-corrected chi connectivity index (χ3v) is 3.86. The minimum absolute atomic E-state index is 0.117. The number of amides is 1. The zero-order valence-electron chi connectivity index (χ0n) is 10.9. The maximum atomic E-state index is 13.5. The Kier molecular flexibility index (Phi) is 3.94. The Bertz CT molecular complexity index is 428. The predicted octanol–water partition coefficient (Wildman–Crippen LogP) is 2.87. The third kappa shape index (κ3) is 2.68. The molecule has 0 saturated heterocycles. The highest BCUT2D eigenvalue weighted by atomic mass is 19.1. The van der Waals surface area contributed by atoms with Crippen LogP contribution in [0.5, 0.6) is 0 Å². The molecular formula is C14H19FN2O. The minimum Gasteiger partial charge on any atom is -0.339 e. The van der Waals surface area contributed by atoms with E-state index in [2.05, 4.69) is 11.9 Å². The summed E-state index contributed by atoms with van der Waals surface area (Å²) in [6, 6.07) is 1.68. The van der Waals surface area contributed by atoms with E-state index in [0.29, 0.717) is 0 Å². The van der Waals surface area contributed by atoms with Crippen molar-refractivity contribution in [1.82, 2.24) is 9.88 Å². The second-order valence-electron chi connectivity index (χ2n) is 5.19. The van der Waals surface area contributed by atoms with Crippen LogP contribution in [0.1, 0.15) is 43.0 Å². The number of rotatable bonds is 2. The van der Waals surface area contributed by atoms with Crippen LogP contribution in [-0.2, 0) is 0 Å². The minimum atomic E-state index is -0.543. The molecule has 1 fully saturated rings. The van der Waals surface area contributed by atoms with Crippen LogP contribution in [-0.4, -0.2) is 28.9 Å². The SMILES string of the molecule is CC1CCC(N(C)C(=O)c2ccncc2F)CC1. The van der Waals surface area contributed by atoms with Crippen molar-refractivity contribution >= 4 is 5.91 Å². The molecule has 98 valence electrons. The van der Waals surface area contributed by atoms with Gasteiger partial charge in [-0.2, -0.15) is 0 Å². The molecule has 0 N–H and O–H groups in total. The van der Waals surface area contributed by atoms with Crippen LogP contribution in [0.15, 0.2) is 18.5 Å². The molecule has 0 spiro atoms. The summed E-state index contributed by atoms with van der Waals surface area (Å²) in [4.78, 5) is 17.6. The lowest BCUT2D eigenvalue weighted by Crippen LogP contribution is -2.39. The number of pyridine rings is 1. The Labute approximate surface area is 107 Å². The lowest BCUT2D eigenvalue weighted by molar-refractivity contribution is 0.0674. The average molecular weight is 250 g/mol. The van der Waals surface area contributed by atoms with E-state index in [1.165, 1.54) is 12.3 Å². The second-order valence-corrected chi connectivity index (χ2v) is 5.19. The Hall–Kier alpha value is -1.45. The van der Waals surface area contributed by atoms with Gasteiger partial charge in [-0.05, 0) is 37.7 Å². The molecule has 18 heavy (non-hydrogen) atoms. The molecule has 2 rings (SSSR count). The number of halogens is 1.